The van der Waals surface area contributed by atoms with Gasteiger partial charge in [0.15, 0.2) is 0 Å². The molecule has 0 aliphatic carbocycles. The Morgan fingerprint density at radius 2 is 1.67 bits per heavy atom. The number of aliphatic hydroxyl groups is 1. The predicted molar refractivity (Wildman–Crippen MR) is 77.1 cm³/mol. The van der Waals surface area contributed by atoms with Crippen LogP contribution in [0.1, 0.15) is 6.42 Å². The third-order valence-corrected chi connectivity index (χ3v) is 3.10. The first-order valence-electron chi connectivity index (χ1n) is 6.84. The molecule has 0 amide bonds. The number of para-hydroxylation sites is 1. The summed E-state index contributed by atoms with van der Waals surface area (Å²) in [5.74, 6) is 2.29. The molecule has 2 N–H and O–H groups in total. The number of hydroxylamine groups is 1. The standard InChI is InChI=1S/C16H17NO4/c18-16-10-15(21-17-16)11-19-12-6-8-14(9-7-12)20-13-4-2-1-3-5-13/h1-9,15-18H,10-11H2. The zero-order valence-electron chi connectivity index (χ0n) is 11.4. The molecule has 2 aromatic carbocycles. The highest BCUT2D eigenvalue weighted by molar-refractivity contribution is 5.35. The molecule has 0 saturated carbocycles. The normalized spacial score (nSPS) is 21.2. The van der Waals surface area contributed by atoms with Gasteiger partial charge in [0.25, 0.3) is 0 Å². The maximum atomic E-state index is 9.27. The monoisotopic (exact) mass is 287 g/mol. The minimum Gasteiger partial charge on any atom is -0.491 e. The van der Waals surface area contributed by atoms with Crippen LogP contribution in [-0.4, -0.2) is 24.0 Å². The summed E-state index contributed by atoms with van der Waals surface area (Å²) in [5, 5.41) is 9.27. The Morgan fingerprint density at radius 3 is 2.33 bits per heavy atom. The van der Waals surface area contributed by atoms with E-state index >= 15 is 0 Å². The molecule has 21 heavy (non-hydrogen) atoms. The van der Waals surface area contributed by atoms with Crippen molar-refractivity contribution in [2.75, 3.05) is 6.61 Å². The summed E-state index contributed by atoms with van der Waals surface area (Å²) in [6.07, 6.45) is -0.227. The van der Waals surface area contributed by atoms with Crippen molar-refractivity contribution < 1.29 is 19.4 Å². The minimum atomic E-state index is -0.611. The number of ether oxygens (including phenoxy) is 2. The topological polar surface area (TPSA) is 60.0 Å². The fraction of sp³-hybridized carbons (Fsp3) is 0.250. The zero-order chi connectivity index (χ0) is 14.5. The van der Waals surface area contributed by atoms with Gasteiger partial charge in [0.05, 0.1) is 0 Å². The van der Waals surface area contributed by atoms with E-state index in [9.17, 15) is 5.11 Å². The first kappa shape index (κ1) is 13.9. The SMILES string of the molecule is OC1CC(COc2ccc(Oc3ccccc3)cc2)ON1. The molecular formula is C16H17NO4. The van der Waals surface area contributed by atoms with Crippen LogP contribution in [0.15, 0.2) is 54.6 Å². The zero-order valence-corrected chi connectivity index (χ0v) is 11.4. The molecule has 0 aromatic heterocycles. The fourth-order valence-electron chi connectivity index (χ4n) is 2.04. The highest BCUT2D eigenvalue weighted by Crippen LogP contribution is 2.23. The summed E-state index contributed by atoms with van der Waals surface area (Å²) in [5.41, 5.74) is 2.50. The van der Waals surface area contributed by atoms with Gasteiger partial charge in [-0.3, -0.25) is 4.84 Å². The van der Waals surface area contributed by atoms with Crippen molar-refractivity contribution in [2.45, 2.75) is 18.8 Å². The van der Waals surface area contributed by atoms with E-state index < -0.39 is 6.23 Å². The summed E-state index contributed by atoms with van der Waals surface area (Å²) in [6.45, 7) is 0.392. The molecular weight excluding hydrogens is 270 g/mol. The second-order valence-electron chi connectivity index (χ2n) is 4.81. The van der Waals surface area contributed by atoms with E-state index in [4.69, 9.17) is 14.3 Å². The van der Waals surface area contributed by atoms with Crippen molar-refractivity contribution in [2.24, 2.45) is 0 Å². The number of benzene rings is 2. The molecule has 1 aliphatic heterocycles. The van der Waals surface area contributed by atoms with Crippen molar-refractivity contribution in [3.8, 4) is 17.2 Å². The van der Waals surface area contributed by atoms with Crippen LogP contribution in [0.5, 0.6) is 17.2 Å². The molecule has 1 fully saturated rings. The lowest BCUT2D eigenvalue weighted by molar-refractivity contribution is -0.0216. The minimum absolute atomic E-state index is 0.139. The van der Waals surface area contributed by atoms with E-state index in [1.54, 1.807) is 0 Å². The first-order chi connectivity index (χ1) is 10.3. The average Bonchev–Trinajstić information content (AvgIpc) is 2.93. The summed E-state index contributed by atoms with van der Waals surface area (Å²) >= 11 is 0. The van der Waals surface area contributed by atoms with Gasteiger partial charge in [-0.25, -0.2) is 0 Å². The van der Waals surface area contributed by atoms with E-state index in [1.165, 1.54) is 0 Å². The fourth-order valence-corrected chi connectivity index (χ4v) is 2.04. The number of nitrogens with one attached hydrogen (secondary N) is 1. The van der Waals surface area contributed by atoms with Gasteiger partial charge < -0.3 is 14.6 Å². The second kappa shape index (κ2) is 6.58. The number of hydrogen-bond donors (Lipinski definition) is 2. The summed E-state index contributed by atoms with van der Waals surface area (Å²) in [7, 11) is 0. The van der Waals surface area contributed by atoms with Crippen LogP contribution in [0.4, 0.5) is 0 Å². The predicted octanol–water partition coefficient (Wildman–Crippen LogP) is 2.47. The molecule has 5 heteroatoms. The molecule has 2 unspecified atom stereocenters. The van der Waals surface area contributed by atoms with E-state index in [1.807, 2.05) is 54.6 Å². The van der Waals surface area contributed by atoms with Gasteiger partial charge in [-0.15, -0.1) is 0 Å². The Balaban J connectivity index is 1.52. The van der Waals surface area contributed by atoms with Crippen LogP contribution < -0.4 is 15.0 Å². The Labute approximate surface area is 123 Å². The molecule has 110 valence electrons. The van der Waals surface area contributed by atoms with Crippen LogP contribution in [0.2, 0.25) is 0 Å². The largest absolute Gasteiger partial charge is 0.491 e. The number of hydrogen-bond acceptors (Lipinski definition) is 5. The first-order valence-corrected chi connectivity index (χ1v) is 6.84. The molecule has 1 aliphatic rings. The van der Waals surface area contributed by atoms with Crippen molar-refractivity contribution in [3.63, 3.8) is 0 Å². The molecule has 0 bridgehead atoms. The number of rotatable bonds is 5. The molecule has 1 heterocycles. The van der Waals surface area contributed by atoms with Gasteiger partial charge in [-0.2, -0.15) is 5.48 Å². The van der Waals surface area contributed by atoms with Crippen LogP contribution in [0.3, 0.4) is 0 Å². The lowest BCUT2D eigenvalue weighted by atomic mass is 10.2. The lowest BCUT2D eigenvalue weighted by Gasteiger charge is -2.11. The smallest absolute Gasteiger partial charge is 0.129 e. The highest BCUT2D eigenvalue weighted by atomic mass is 16.7. The Morgan fingerprint density at radius 1 is 1.00 bits per heavy atom. The van der Waals surface area contributed by atoms with Crippen molar-refractivity contribution in [1.82, 2.24) is 5.48 Å². The summed E-state index contributed by atoms with van der Waals surface area (Å²) < 4.78 is 11.3. The highest BCUT2D eigenvalue weighted by Gasteiger charge is 2.23. The van der Waals surface area contributed by atoms with Gasteiger partial charge in [-0.05, 0) is 36.4 Å². The molecule has 0 radical (unpaired) electrons. The quantitative estimate of drug-likeness (QED) is 0.884. The van der Waals surface area contributed by atoms with Crippen LogP contribution in [-0.2, 0) is 4.84 Å². The van der Waals surface area contributed by atoms with E-state index in [0.29, 0.717) is 13.0 Å². The Kier molecular flexibility index (Phi) is 4.35. The maximum Gasteiger partial charge on any atom is 0.129 e. The molecule has 0 spiro atoms. The molecule has 3 rings (SSSR count). The lowest BCUT2D eigenvalue weighted by Crippen LogP contribution is -2.19. The number of aliphatic hydroxyl groups excluding tert-OH is 1. The van der Waals surface area contributed by atoms with Crippen LogP contribution in [0.25, 0.3) is 0 Å². The van der Waals surface area contributed by atoms with Crippen molar-refractivity contribution >= 4 is 0 Å². The van der Waals surface area contributed by atoms with Gasteiger partial charge in [0, 0.05) is 6.42 Å². The molecule has 2 atom stereocenters. The maximum absolute atomic E-state index is 9.27. The Bertz CT molecular complexity index is 558. The third kappa shape index (κ3) is 3.95. The summed E-state index contributed by atoms with van der Waals surface area (Å²) in [6, 6.07) is 17.0. The van der Waals surface area contributed by atoms with Gasteiger partial charge in [0.2, 0.25) is 0 Å². The van der Waals surface area contributed by atoms with E-state index in [2.05, 4.69) is 5.48 Å². The summed E-state index contributed by atoms with van der Waals surface area (Å²) in [4.78, 5) is 5.14. The molecule has 5 nitrogen and oxygen atoms in total. The Hall–Kier alpha value is -2.08. The van der Waals surface area contributed by atoms with Crippen LogP contribution >= 0.6 is 0 Å². The van der Waals surface area contributed by atoms with Gasteiger partial charge >= 0.3 is 0 Å². The molecule has 1 saturated heterocycles. The van der Waals surface area contributed by atoms with Gasteiger partial charge in [-0.1, -0.05) is 18.2 Å². The third-order valence-electron chi connectivity index (χ3n) is 3.10. The van der Waals surface area contributed by atoms with E-state index in [-0.39, 0.29) is 6.10 Å². The van der Waals surface area contributed by atoms with E-state index in [0.717, 1.165) is 17.2 Å². The average molecular weight is 287 g/mol. The molecule has 2 aromatic rings. The van der Waals surface area contributed by atoms with Crippen molar-refractivity contribution in [1.29, 1.82) is 0 Å². The van der Waals surface area contributed by atoms with Crippen molar-refractivity contribution in [3.05, 3.63) is 54.6 Å². The van der Waals surface area contributed by atoms with Gasteiger partial charge in [0.1, 0.15) is 36.2 Å². The second-order valence-corrected chi connectivity index (χ2v) is 4.81. The van der Waals surface area contributed by atoms with Crippen LogP contribution in [0, 0.1) is 0 Å².